The summed E-state index contributed by atoms with van der Waals surface area (Å²) < 4.78 is 14.0. The van der Waals surface area contributed by atoms with Crippen molar-refractivity contribution in [1.29, 1.82) is 0 Å². The van der Waals surface area contributed by atoms with E-state index in [0.717, 1.165) is 6.42 Å². The Morgan fingerprint density at radius 1 is 1.07 bits per heavy atom. The molecule has 0 saturated heterocycles. The van der Waals surface area contributed by atoms with Crippen molar-refractivity contribution >= 4 is 28.4 Å². The van der Waals surface area contributed by atoms with Crippen LogP contribution >= 0.6 is 0 Å². The Kier molecular flexibility index (Phi) is 13.0. The Morgan fingerprint density at radius 3 is 2.19 bits per heavy atom. The molecule has 42 heavy (non-hydrogen) atoms. The molecule has 0 radical (unpaired) electrons. The number of rotatable bonds is 14. The van der Waals surface area contributed by atoms with Crippen molar-refractivity contribution in [2.24, 2.45) is 17.3 Å². The molecule has 7 heteroatoms. The first kappa shape index (κ1) is 37.0. The molecule has 2 aliphatic rings. The lowest BCUT2D eigenvalue weighted by Gasteiger charge is -2.51. The number of allylic oxidation sites excluding steroid dienone is 2. The van der Waals surface area contributed by atoms with Crippen molar-refractivity contribution in [3.05, 3.63) is 12.2 Å². The summed E-state index contributed by atoms with van der Waals surface area (Å²) in [5.74, 6) is 6.38. The average molecular weight is 619 g/mol. The molecule has 0 aliphatic heterocycles. The second-order valence-electron chi connectivity index (χ2n) is 16.1. The lowest BCUT2D eigenvalue weighted by Crippen LogP contribution is -2.51. The van der Waals surface area contributed by atoms with E-state index < -0.39 is 22.6 Å². The molecule has 2 aliphatic carbocycles. The minimum atomic E-state index is -2.09. The highest BCUT2D eigenvalue weighted by Crippen LogP contribution is 2.52. The van der Waals surface area contributed by atoms with E-state index in [1.165, 1.54) is 25.7 Å². The van der Waals surface area contributed by atoms with Crippen LogP contribution in [0.4, 0.5) is 0 Å². The van der Waals surface area contributed by atoms with Gasteiger partial charge >= 0.3 is 5.97 Å². The summed E-state index contributed by atoms with van der Waals surface area (Å²) in [4.78, 5) is 24.2. The highest BCUT2D eigenvalue weighted by Gasteiger charge is 2.49. The number of aliphatic carboxylic acids is 1. The number of carboxylic acid groups (broad SMARTS) is 1. The zero-order valence-electron chi connectivity index (χ0n) is 28.8. The van der Waals surface area contributed by atoms with Gasteiger partial charge in [0.05, 0.1) is 18.1 Å². The van der Waals surface area contributed by atoms with Gasteiger partial charge in [-0.25, -0.2) is 0 Å². The summed E-state index contributed by atoms with van der Waals surface area (Å²) in [6, 6.07) is 0. The monoisotopic (exact) mass is 618 g/mol. The topological polar surface area (TPSA) is 72.8 Å². The molecule has 0 heterocycles. The molecule has 0 amide bonds. The summed E-state index contributed by atoms with van der Waals surface area (Å²) in [6.45, 7) is 25.1. The summed E-state index contributed by atoms with van der Waals surface area (Å²) >= 11 is 0. The number of ketones is 1. The molecule has 1 unspecified atom stereocenters. The molecule has 4 atom stereocenters. The molecule has 0 bridgehead atoms. The Balaban J connectivity index is 2.35. The van der Waals surface area contributed by atoms with E-state index in [-0.39, 0.29) is 51.7 Å². The lowest BCUT2D eigenvalue weighted by atomic mass is 9.62. The molecule has 2 saturated carbocycles. The minimum Gasteiger partial charge on any atom is -0.481 e. The first-order chi connectivity index (χ1) is 19.3. The van der Waals surface area contributed by atoms with E-state index in [0.29, 0.717) is 32.1 Å². The van der Waals surface area contributed by atoms with Crippen LogP contribution in [0.3, 0.4) is 0 Å². The fourth-order valence-electron chi connectivity index (χ4n) is 5.86. The average Bonchev–Trinajstić information content (AvgIpc) is 3.09. The van der Waals surface area contributed by atoms with Gasteiger partial charge in [-0.05, 0) is 80.2 Å². The number of carbonyl (C=O) groups excluding carboxylic acids is 1. The Labute approximate surface area is 260 Å². The smallest absolute Gasteiger partial charge is 0.303 e. The fraction of sp³-hybridized carbons (Fsp3) is 0.829. The summed E-state index contributed by atoms with van der Waals surface area (Å²) in [5.41, 5.74) is 0.222. The number of hydrogen-bond acceptors (Lipinski definition) is 4. The SMILES string of the molecule is CCCC1(C(CC#C[C@H]2[C@H](O[Si](C)(C)C(C)(C)C)CC(=O)[C@@H]2C/C=C\CCCC(=O)O)O[Si](C)(C)C(C)(C)C)CCC1. The largest absolute Gasteiger partial charge is 0.481 e. The van der Waals surface area contributed by atoms with Gasteiger partial charge in [-0.15, -0.1) is 5.92 Å². The van der Waals surface area contributed by atoms with Gasteiger partial charge in [-0.1, -0.05) is 79.4 Å². The number of hydrogen-bond donors (Lipinski definition) is 1. The van der Waals surface area contributed by atoms with Crippen LogP contribution < -0.4 is 0 Å². The van der Waals surface area contributed by atoms with Crippen LogP contribution in [0.1, 0.15) is 119 Å². The Bertz CT molecular complexity index is 1000. The van der Waals surface area contributed by atoms with Gasteiger partial charge in [0.25, 0.3) is 0 Å². The minimum absolute atomic E-state index is 0.0506. The summed E-state index contributed by atoms with van der Waals surface area (Å²) in [5, 5.41) is 9.10. The molecule has 0 aromatic heterocycles. The standard InChI is InChI=1S/C35H62O5Si2/c1-12-23-35(24-18-25-35)31(40-42(10,11)34(5,6)7)21-17-20-28-27(19-15-13-14-16-22-32(37)38)29(36)26-30(28)39-41(8,9)33(2,3)4/h13,15,27-28,30-31H,12,14,16,18-19,21-26H2,1-11H3,(H,37,38)/b15-13-/t27-,28-,30-,31?/m1/s1. The Hall–Kier alpha value is -1.21. The highest BCUT2D eigenvalue weighted by molar-refractivity contribution is 6.74. The molecule has 2 rings (SSSR count). The summed E-state index contributed by atoms with van der Waals surface area (Å²) in [7, 11) is -4.08. The van der Waals surface area contributed by atoms with Gasteiger partial charge in [0.15, 0.2) is 16.6 Å². The first-order valence-electron chi connectivity index (χ1n) is 16.5. The van der Waals surface area contributed by atoms with Crippen molar-refractivity contribution in [3.8, 4) is 11.8 Å². The molecule has 1 N–H and O–H groups in total. The molecular weight excluding hydrogens is 557 g/mol. The van der Waals surface area contributed by atoms with Gasteiger partial charge in [0.1, 0.15) is 5.78 Å². The molecular formula is C35H62O5Si2. The van der Waals surface area contributed by atoms with E-state index in [2.05, 4.69) is 92.6 Å². The van der Waals surface area contributed by atoms with E-state index in [1.807, 2.05) is 6.08 Å². The fourth-order valence-corrected chi connectivity index (χ4v) is 8.59. The third kappa shape index (κ3) is 9.65. The van der Waals surface area contributed by atoms with Crippen LogP contribution in [-0.4, -0.2) is 45.7 Å². The van der Waals surface area contributed by atoms with Gasteiger partial charge in [-0.3, -0.25) is 9.59 Å². The van der Waals surface area contributed by atoms with E-state index >= 15 is 0 Å². The number of unbranched alkanes of at least 4 members (excludes halogenated alkanes) is 1. The van der Waals surface area contributed by atoms with Crippen LogP contribution in [0.25, 0.3) is 0 Å². The number of carboxylic acids is 1. The maximum atomic E-state index is 13.4. The zero-order valence-corrected chi connectivity index (χ0v) is 30.8. The third-order valence-corrected chi connectivity index (χ3v) is 19.8. The molecule has 240 valence electrons. The highest BCUT2D eigenvalue weighted by atomic mass is 28.4. The molecule has 2 fully saturated rings. The van der Waals surface area contributed by atoms with Crippen LogP contribution in [0, 0.1) is 29.1 Å². The third-order valence-electron chi connectivity index (χ3n) is 10.8. The predicted octanol–water partition coefficient (Wildman–Crippen LogP) is 9.54. The van der Waals surface area contributed by atoms with Crippen molar-refractivity contribution in [2.75, 3.05) is 0 Å². The maximum Gasteiger partial charge on any atom is 0.303 e. The van der Waals surface area contributed by atoms with Gasteiger partial charge in [0, 0.05) is 25.2 Å². The van der Waals surface area contributed by atoms with Gasteiger partial charge < -0.3 is 14.0 Å². The second kappa shape index (κ2) is 14.7. The zero-order chi connectivity index (χ0) is 32.0. The van der Waals surface area contributed by atoms with Crippen LogP contribution in [0.15, 0.2) is 12.2 Å². The van der Waals surface area contributed by atoms with Crippen LogP contribution in [0.5, 0.6) is 0 Å². The van der Waals surface area contributed by atoms with Crippen molar-refractivity contribution < 1.29 is 23.5 Å². The number of Topliss-reactive ketones (excluding diaryl/α,β-unsaturated/α-hetero) is 1. The van der Waals surface area contributed by atoms with Crippen molar-refractivity contribution in [1.82, 2.24) is 0 Å². The van der Waals surface area contributed by atoms with Gasteiger partial charge in [-0.2, -0.15) is 0 Å². The molecule has 0 aromatic carbocycles. The lowest BCUT2D eigenvalue weighted by molar-refractivity contribution is -0.137. The maximum absolute atomic E-state index is 13.4. The first-order valence-corrected chi connectivity index (χ1v) is 22.3. The molecule has 0 aromatic rings. The molecule has 0 spiro atoms. The van der Waals surface area contributed by atoms with Crippen molar-refractivity contribution in [2.45, 2.75) is 168 Å². The van der Waals surface area contributed by atoms with E-state index in [4.69, 9.17) is 14.0 Å². The van der Waals surface area contributed by atoms with E-state index in [1.54, 1.807) is 0 Å². The Morgan fingerprint density at radius 2 is 1.69 bits per heavy atom. The van der Waals surface area contributed by atoms with Crippen LogP contribution in [0.2, 0.25) is 36.3 Å². The van der Waals surface area contributed by atoms with Crippen LogP contribution in [-0.2, 0) is 18.4 Å². The quantitative estimate of drug-likeness (QED) is 0.0908. The van der Waals surface area contributed by atoms with Gasteiger partial charge in [0.2, 0.25) is 0 Å². The second-order valence-corrected chi connectivity index (χ2v) is 25.6. The summed E-state index contributed by atoms with van der Waals surface area (Å²) in [6.07, 6.45) is 13.3. The predicted molar refractivity (Wildman–Crippen MR) is 180 cm³/mol. The number of carbonyl (C=O) groups is 2. The molecule has 5 nitrogen and oxygen atoms in total. The van der Waals surface area contributed by atoms with E-state index in [9.17, 15) is 9.59 Å². The normalized spacial score (nSPS) is 23.9. The van der Waals surface area contributed by atoms with Crippen molar-refractivity contribution in [3.63, 3.8) is 0 Å².